The number of carbonyl (C=O) groups excluding carboxylic acids is 2. The van der Waals surface area contributed by atoms with Crippen LogP contribution in [0.5, 0.6) is 0 Å². The number of imide groups is 1. The Bertz CT molecular complexity index is 529. The van der Waals surface area contributed by atoms with Gasteiger partial charge >= 0.3 is 0 Å². The lowest BCUT2D eigenvalue weighted by atomic mass is 9.85. The lowest BCUT2D eigenvalue weighted by Crippen LogP contribution is -2.47. The SMILES string of the molecule is C[C@@H]1CCCC[C@H]1N[C@H]1CC(=O)N(c2ccccc2)C1=O. The van der Waals surface area contributed by atoms with Crippen LogP contribution in [0.3, 0.4) is 0 Å². The molecule has 4 heteroatoms. The molecule has 0 radical (unpaired) electrons. The topological polar surface area (TPSA) is 49.4 Å². The molecule has 1 aliphatic carbocycles. The number of amides is 2. The van der Waals surface area contributed by atoms with E-state index in [-0.39, 0.29) is 24.3 Å². The molecule has 1 aromatic carbocycles. The van der Waals surface area contributed by atoms with E-state index in [2.05, 4.69) is 12.2 Å². The second-order valence-electron chi connectivity index (χ2n) is 6.19. The van der Waals surface area contributed by atoms with E-state index in [0.29, 0.717) is 17.6 Å². The van der Waals surface area contributed by atoms with Gasteiger partial charge in [-0.1, -0.05) is 38.0 Å². The second-order valence-corrected chi connectivity index (χ2v) is 6.19. The summed E-state index contributed by atoms with van der Waals surface area (Å²) in [7, 11) is 0. The first-order chi connectivity index (χ1) is 10.2. The van der Waals surface area contributed by atoms with Crippen molar-refractivity contribution in [2.75, 3.05) is 4.90 Å². The van der Waals surface area contributed by atoms with Crippen LogP contribution in [-0.4, -0.2) is 23.9 Å². The molecule has 0 spiro atoms. The molecule has 0 unspecified atom stereocenters. The summed E-state index contributed by atoms with van der Waals surface area (Å²) >= 11 is 0. The fraction of sp³-hybridized carbons (Fsp3) is 0.529. The van der Waals surface area contributed by atoms with Crippen molar-refractivity contribution in [1.82, 2.24) is 5.32 Å². The van der Waals surface area contributed by atoms with E-state index < -0.39 is 0 Å². The summed E-state index contributed by atoms with van der Waals surface area (Å²) in [4.78, 5) is 26.0. The lowest BCUT2D eigenvalue weighted by Gasteiger charge is -2.31. The van der Waals surface area contributed by atoms with Crippen molar-refractivity contribution in [3.8, 4) is 0 Å². The van der Waals surface area contributed by atoms with Gasteiger partial charge in [0.1, 0.15) is 0 Å². The van der Waals surface area contributed by atoms with Gasteiger partial charge in [0.05, 0.1) is 18.2 Å². The third kappa shape index (κ3) is 2.86. The van der Waals surface area contributed by atoms with E-state index in [1.54, 1.807) is 12.1 Å². The van der Waals surface area contributed by atoms with Crippen molar-refractivity contribution in [3.05, 3.63) is 30.3 Å². The number of benzene rings is 1. The number of nitrogens with zero attached hydrogens (tertiary/aromatic N) is 1. The van der Waals surface area contributed by atoms with Crippen LogP contribution >= 0.6 is 0 Å². The quantitative estimate of drug-likeness (QED) is 0.869. The lowest BCUT2D eigenvalue weighted by molar-refractivity contribution is -0.121. The van der Waals surface area contributed by atoms with Crippen molar-refractivity contribution in [2.24, 2.45) is 5.92 Å². The molecular weight excluding hydrogens is 264 g/mol. The molecule has 0 bridgehead atoms. The van der Waals surface area contributed by atoms with Gasteiger partial charge in [0.25, 0.3) is 5.91 Å². The van der Waals surface area contributed by atoms with Crippen LogP contribution in [0.2, 0.25) is 0 Å². The first kappa shape index (κ1) is 14.3. The normalized spacial score (nSPS) is 30.0. The van der Waals surface area contributed by atoms with Gasteiger partial charge in [-0.3, -0.25) is 9.59 Å². The smallest absolute Gasteiger partial charge is 0.251 e. The third-order valence-corrected chi connectivity index (χ3v) is 4.69. The highest BCUT2D eigenvalue weighted by Gasteiger charge is 2.41. The number of hydrogen-bond donors (Lipinski definition) is 1. The second kappa shape index (κ2) is 5.98. The Kier molecular flexibility index (Phi) is 4.06. The van der Waals surface area contributed by atoms with Crippen molar-refractivity contribution in [3.63, 3.8) is 0 Å². The molecule has 112 valence electrons. The molecular formula is C17H22N2O2. The number of rotatable bonds is 3. The van der Waals surface area contributed by atoms with Gasteiger partial charge < -0.3 is 5.32 Å². The molecule has 1 saturated heterocycles. The van der Waals surface area contributed by atoms with Gasteiger partial charge in [0.2, 0.25) is 5.91 Å². The zero-order valence-corrected chi connectivity index (χ0v) is 12.4. The zero-order chi connectivity index (χ0) is 14.8. The summed E-state index contributed by atoms with van der Waals surface area (Å²) in [6.07, 6.45) is 5.06. The molecule has 2 aliphatic rings. The molecule has 4 nitrogen and oxygen atoms in total. The summed E-state index contributed by atoms with van der Waals surface area (Å²) in [6, 6.07) is 9.19. The molecule has 1 heterocycles. The van der Waals surface area contributed by atoms with E-state index in [1.807, 2.05) is 18.2 Å². The van der Waals surface area contributed by atoms with Crippen LogP contribution in [0, 0.1) is 5.92 Å². The Labute approximate surface area is 125 Å². The molecule has 21 heavy (non-hydrogen) atoms. The third-order valence-electron chi connectivity index (χ3n) is 4.69. The summed E-state index contributed by atoms with van der Waals surface area (Å²) in [5, 5.41) is 3.44. The maximum atomic E-state index is 12.5. The molecule has 0 aromatic heterocycles. The largest absolute Gasteiger partial charge is 0.302 e. The average Bonchev–Trinajstić information content (AvgIpc) is 2.77. The highest BCUT2D eigenvalue weighted by Crippen LogP contribution is 2.27. The predicted octanol–water partition coefficient (Wildman–Crippen LogP) is 2.49. The Morgan fingerprint density at radius 2 is 1.81 bits per heavy atom. The first-order valence-electron chi connectivity index (χ1n) is 7.84. The minimum atomic E-state index is -0.358. The van der Waals surface area contributed by atoms with Crippen LogP contribution in [0.1, 0.15) is 39.0 Å². The predicted molar refractivity (Wildman–Crippen MR) is 81.9 cm³/mol. The molecule has 3 rings (SSSR count). The molecule has 1 aromatic rings. The Hall–Kier alpha value is -1.68. The van der Waals surface area contributed by atoms with Crippen molar-refractivity contribution >= 4 is 17.5 Å². The number of hydrogen-bond acceptors (Lipinski definition) is 3. The molecule has 2 fully saturated rings. The summed E-state index contributed by atoms with van der Waals surface area (Å²) < 4.78 is 0. The van der Waals surface area contributed by atoms with E-state index in [9.17, 15) is 9.59 Å². The van der Waals surface area contributed by atoms with Crippen molar-refractivity contribution < 1.29 is 9.59 Å². The Morgan fingerprint density at radius 1 is 1.10 bits per heavy atom. The fourth-order valence-electron chi connectivity index (χ4n) is 3.43. The van der Waals surface area contributed by atoms with Crippen molar-refractivity contribution in [2.45, 2.75) is 51.1 Å². The highest BCUT2D eigenvalue weighted by molar-refractivity contribution is 6.22. The van der Waals surface area contributed by atoms with Gasteiger partial charge in [-0.25, -0.2) is 4.90 Å². The molecule has 1 saturated carbocycles. The van der Waals surface area contributed by atoms with Crippen LogP contribution in [-0.2, 0) is 9.59 Å². The monoisotopic (exact) mass is 286 g/mol. The van der Waals surface area contributed by atoms with Gasteiger partial charge in [-0.05, 0) is 30.9 Å². The van der Waals surface area contributed by atoms with Gasteiger partial charge in [-0.15, -0.1) is 0 Å². The molecule has 1 N–H and O–H groups in total. The fourth-order valence-corrected chi connectivity index (χ4v) is 3.43. The minimum absolute atomic E-state index is 0.104. The van der Waals surface area contributed by atoms with Crippen LogP contribution in [0.4, 0.5) is 5.69 Å². The Morgan fingerprint density at radius 3 is 2.52 bits per heavy atom. The van der Waals surface area contributed by atoms with E-state index in [0.717, 1.165) is 6.42 Å². The number of carbonyl (C=O) groups is 2. The first-order valence-corrected chi connectivity index (χ1v) is 7.84. The summed E-state index contributed by atoms with van der Waals surface area (Å²) in [5.74, 6) is 0.364. The maximum absolute atomic E-state index is 12.5. The number of para-hydroxylation sites is 1. The molecule has 2 amide bonds. The minimum Gasteiger partial charge on any atom is -0.302 e. The number of anilines is 1. The summed E-state index contributed by atoms with van der Waals surface area (Å²) in [6.45, 7) is 2.23. The Balaban J connectivity index is 1.71. The molecule has 3 atom stereocenters. The zero-order valence-electron chi connectivity index (χ0n) is 12.4. The van der Waals surface area contributed by atoms with Gasteiger partial charge in [-0.2, -0.15) is 0 Å². The average molecular weight is 286 g/mol. The van der Waals surface area contributed by atoms with E-state index >= 15 is 0 Å². The van der Waals surface area contributed by atoms with Crippen LogP contribution < -0.4 is 10.2 Å². The van der Waals surface area contributed by atoms with Gasteiger partial charge in [0.15, 0.2) is 0 Å². The van der Waals surface area contributed by atoms with E-state index in [4.69, 9.17) is 0 Å². The molecule has 1 aliphatic heterocycles. The van der Waals surface area contributed by atoms with E-state index in [1.165, 1.54) is 24.2 Å². The van der Waals surface area contributed by atoms with Crippen LogP contribution in [0.25, 0.3) is 0 Å². The standard InChI is InChI=1S/C17H22N2O2/c1-12-7-5-6-10-14(12)18-15-11-16(20)19(17(15)21)13-8-3-2-4-9-13/h2-4,8-9,12,14-15,18H,5-7,10-11H2,1H3/t12-,14-,15+/m1/s1. The summed E-state index contributed by atoms with van der Waals surface area (Å²) in [5.41, 5.74) is 0.675. The maximum Gasteiger partial charge on any atom is 0.251 e. The van der Waals surface area contributed by atoms with Crippen molar-refractivity contribution in [1.29, 1.82) is 0 Å². The van der Waals surface area contributed by atoms with Gasteiger partial charge in [0, 0.05) is 6.04 Å². The highest BCUT2D eigenvalue weighted by atomic mass is 16.2. The number of nitrogens with one attached hydrogen (secondary N) is 1. The van der Waals surface area contributed by atoms with Crippen LogP contribution in [0.15, 0.2) is 30.3 Å².